The average molecular weight is 547 g/mol. The van der Waals surface area contributed by atoms with Crippen molar-refractivity contribution in [3.8, 4) is 5.75 Å². The Morgan fingerprint density at radius 1 is 1.10 bits per heavy atom. The molecule has 10 heteroatoms. The van der Waals surface area contributed by atoms with Crippen molar-refractivity contribution >= 4 is 26.8 Å². The predicted octanol–water partition coefficient (Wildman–Crippen LogP) is 3.02. The van der Waals surface area contributed by atoms with Gasteiger partial charge in [-0.2, -0.15) is 4.31 Å². The Labute approximate surface area is 227 Å². The minimum absolute atomic E-state index is 0.137. The van der Waals surface area contributed by atoms with Gasteiger partial charge in [0.25, 0.3) is 5.91 Å². The summed E-state index contributed by atoms with van der Waals surface area (Å²) >= 11 is 0. The summed E-state index contributed by atoms with van der Waals surface area (Å²) in [5.74, 6) is 0.488. The van der Waals surface area contributed by atoms with Crippen LogP contribution in [0.3, 0.4) is 0 Å². The smallest absolute Gasteiger partial charge is 0.272 e. The Kier molecular flexibility index (Phi) is 6.01. The molecule has 1 fully saturated rings. The van der Waals surface area contributed by atoms with Crippen LogP contribution >= 0.6 is 0 Å². The topological polar surface area (TPSA) is 105 Å². The molecule has 2 aliphatic heterocycles. The third kappa shape index (κ3) is 3.85. The molecule has 0 aliphatic carbocycles. The maximum atomic E-state index is 14.1. The number of aromatic nitrogens is 2. The number of benzene rings is 2. The minimum Gasteiger partial charge on any atom is -0.497 e. The van der Waals surface area contributed by atoms with Crippen molar-refractivity contribution in [2.45, 2.75) is 23.3 Å². The lowest BCUT2D eigenvalue weighted by Gasteiger charge is -2.55. The van der Waals surface area contributed by atoms with E-state index in [0.717, 1.165) is 27.7 Å². The fraction of sp³-hybridized carbons (Fsp3) is 0.310. The summed E-state index contributed by atoms with van der Waals surface area (Å²) < 4.78 is 37.0. The monoisotopic (exact) mass is 546 g/mol. The Morgan fingerprint density at radius 2 is 1.85 bits per heavy atom. The van der Waals surface area contributed by atoms with Crippen LogP contribution in [0, 0.1) is 6.92 Å². The molecule has 0 unspecified atom stereocenters. The first-order chi connectivity index (χ1) is 18.7. The molecule has 202 valence electrons. The van der Waals surface area contributed by atoms with Gasteiger partial charge in [-0.05, 0) is 48.9 Å². The van der Waals surface area contributed by atoms with Gasteiger partial charge in [-0.25, -0.2) is 8.42 Å². The third-order valence-electron chi connectivity index (χ3n) is 8.06. The highest BCUT2D eigenvalue weighted by Gasteiger charge is 2.57. The van der Waals surface area contributed by atoms with Crippen LogP contribution in [0.25, 0.3) is 10.9 Å². The molecule has 0 bridgehead atoms. The number of hydrogen-bond donors (Lipinski definition) is 1. The van der Waals surface area contributed by atoms with Gasteiger partial charge in [0.05, 0.1) is 30.2 Å². The minimum atomic E-state index is -3.97. The number of hydrogen-bond acceptors (Lipinski definition) is 6. The Balaban J connectivity index is 1.51. The van der Waals surface area contributed by atoms with E-state index in [4.69, 9.17) is 4.74 Å². The van der Waals surface area contributed by atoms with E-state index in [2.05, 4.69) is 4.98 Å². The van der Waals surface area contributed by atoms with Gasteiger partial charge in [0.1, 0.15) is 11.4 Å². The molecule has 0 saturated carbocycles. The number of carbonyl (C=O) groups excluding carboxylic acids is 1. The first-order valence-electron chi connectivity index (χ1n) is 12.8. The van der Waals surface area contributed by atoms with Crippen molar-refractivity contribution in [2.24, 2.45) is 7.05 Å². The van der Waals surface area contributed by atoms with Crippen molar-refractivity contribution in [1.29, 1.82) is 0 Å². The molecular weight excluding hydrogens is 516 g/mol. The molecule has 0 radical (unpaired) electrons. The van der Waals surface area contributed by atoms with E-state index < -0.39 is 21.5 Å². The highest BCUT2D eigenvalue weighted by Crippen LogP contribution is 2.51. The lowest BCUT2D eigenvalue weighted by molar-refractivity contribution is 0.0202. The largest absolute Gasteiger partial charge is 0.497 e. The van der Waals surface area contributed by atoms with Crippen molar-refractivity contribution < 1.29 is 23.1 Å². The summed E-state index contributed by atoms with van der Waals surface area (Å²) in [6, 6.07) is 17.0. The Bertz CT molecular complexity index is 1680. The summed E-state index contributed by atoms with van der Waals surface area (Å²) in [4.78, 5) is 19.3. The van der Waals surface area contributed by atoms with E-state index in [-0.39, 0.29) is 24.0 Å². The zero-order chi connectivity index (χ0) is 27.5. The van der Waals surface area contributed by atoms with Gasteiger partial charge >= 0.3 is 0 Å². The van der Waals surface area contributed by atoms with Gasteiger partial charge in [-0.3, -0.25) is 9.78 Å². The Morgan fingerprint density at radius 3 is 2.49 bits per heavy atom. The summed E-state index contributed by atoms with van der Waals surface area (Å²) in [6.45, 7) is 2.32. The van der Waals surface area contributed by atoms with Gasteiger partial charge in [0, 0.05) is 55.4 Å². The number of aliphatic hydroxyl groups excluding tert-OH is 1. The maximum Gasteiger partial charge on any atom is 0.272 e. The van der Waals surface area contributed by atoms with Crippen molar-refractivity contribution in [3.05, 3.63) is 89.4 Å². The molecule has 4 aromatic rings. The number of pyridine rings is 1. The van der Waals surface area contributed by atoms with Crippen LogP contribution in [0.2, 0.25) is 0 Å². The predicted molar refractivity (Wildman–Crippen MR) is 146 cm³/mol. The van der Waals surface area contributed by atoms with Crippen LogP contribution in [0.1, 0.15) is 33.4 Å². The second-order valence-electron chi connectivity index (χ2n) is 10.4. The van der Waals surface area contributed by atoms with E-state index in [1.54, 1.807) is 60.7 Å². The standard InChI is InChI=1S/C29H30N4O5S/c1-19-7-10-21(11-8-19)39(36,37)33-18-29(16-32(17-29)28(35)23-6-4-5-13-30-23)26-22-12-9-20(38-3)14-24(22)31(2)27(26)25(33)15-34/h4-14,25,34H,15-18H2,1-3H3/t25-/m1/s1. The lowest BCUT2D eigenvalue weighted by Crippen LogP contribution is -2.68. The molecule has 1 N–H and O–H groups in total. The van der Waals surface area contributed by atoms with E-state index in [1.807, 2.05) is 36.7 Å². The number of amides is 1. The fourth-order valence-electron chi connectivity index (χ4n) is 6.15. The summed E-state index contributed by atoms with van der Waals surface area (Å²) in [7, 11) is -0.482. The average Bonchev–Trinajstić information content (AvgIpc) is 3.23. The first-order valence-corrected chi connectivity index (χ1v) is 14.2. The SMILES string of the molecule is COc1ccc2c3c(n(C)c2c1)[C@@H](CO)N(S(=O)(=O)c1ccc(C)cc1)CC31CN(C(=O)c2ccccn2)C1. The highest BCUT2D eigenvalue weighted by atomic mass is 32.2. The van der Waals surface area contributed by atoms with E-state index >= 15 is 0 Å². The number of rotatable bonds is 5. The molecule has 2 aliphatic rings. The van der Waals surface area contributed by atoms with E-state index in [9.17, 15) is 18.3 Å². The molecule has 2 aromatic heterocycles. The molecule has 1 amide bonds. The Hall–Kier alpha value is -3.73. The number of carbonyl (C=O) groups is 1. The van der Waals surface area contributed by atoms with Gasteiger partial charge in [0.15, 0.2) is 0 Å². The van der Waals surface area contributed by atoms with E-state index in [0.29, 0.717) is 24.5 Å². The molecule has 9 nitrogen and oxygen atoms in total. The molecule has 1 atom stereocenters. The summed E-state index contributed by atoms with van der Waals surface area (Å²) in [6.07, 6.45) is 1.58. The lowest BCUT2D eigenvalue weighted by atomic mass is 9.69. The second kappa shape index (κ2) is 9.18. The molecule has 1 spiro atoms. The van der Waals surface area contributed by atoms with Gasteiger partial charge < -0.3 is 19.3 Å². The van der Waals surface area contributed by atoms with Crippen molar-refractivity contribution in [1.82, 2.24) is 18.8 Å². The number of likely N-dealkylation sites (tertiary alicyclic amines) is 1. The summed E-state index contributed by atoms with van der Waals surface area (Å²) in [5, 5.41) is 11.6. The maximum absolute atomic E-state index is 14.1. The highest BCUT2D eigenvalue weighted by molar-refractivity contribution is 7.89. The molecular formula is C29H30N4O5S. The van der Waals surface area contributed by atoms with Crippen LogP contribution in [-0.2, 0) is 22.5 Å². The van der Waals surface area contributed by atoms with Crippen LogP contribution in [0.4, 0.5) is 0 Å². The second-order valence-corrected chi connectivity index (χ2v) is 12.3. The van der Waals surface area contributed by atoms with Crippen molar-refractivity contribution in [2.75, 3.05) is 33.4 Å². The zero-order valence-corrected chi connectivity index (χ0v) is 22.9. The first kappa shape index (κ1) is 25.5. The number of aryl methyl sites for hydroxylation is 2. The number of sulfonamides is 1. The third-order valence-corrected chi connectivity index (χ3v) is 9.93. The van der Waals surface area contributed by atoms with Crippen LogP contribution in [0.5, 0.6) is 5.75 Å². The summed E-state index contributed by atoms with van der Waals surface area (Å²) in [5.41, 5.74) is 3.23. The quantitative estimate of drug-likeness (QED) is 0.413. The number of ether oxygens (including phenoxy) is 1. The molecule has 2 aromatic carbocycles. The normalized spacial score (nSPS) is 18.7. The van der Waals surface area contributed by atoms with E-state index in [1.165, 1.54) is 4.31 Å². The molecule has 4 heterocycles. The van der Waals surface area contributed by atoms with Crippen LogP contribution in [-0.4, -0.2) is 71.5 Å². The van der Waals surface area contributed by atoms with Gasteiger partial charge in [-0.1, -0.05) is 23.8 Å². The number of aliphatic hydroxyl groups is 1. The van der Waals surface area contributed by atoms with Crippen molar-refractivity contribution in [3.63, 3.8) is 0 Å². The number of methoxy groups -OCH3 is 1. The van der Waals surface area contributed by atoms with Gasteiger partial charge in [0.2, 0.25) is 10.0 Å². The molecule has 39 heavy (non-hydrogen) atoms. The van der Waals surface area contributed by atoms with Crippen LogP contribution < -0.4 is 4.74 Å². The fourth-order valence-corrected chi connectivity index (χ4v) is 7.82. The van der Waals surface area contributed by atoms with Crippen LogP contribution in [0.15, 0.2) is 71.8 Å². The number of fused-ring (bicyclic) bond motifs is 4. The molecule has 6 rings (SSSR count). The molecule has 1 saturated heterocycles. The van der Waals surface area contributed by atoms with Gasteiger partial charge in [-0.15, -0.1) is 0 Å². The number of nitrogens with zero attached hydrogens (tertiary/aromatic N) is 4. The zero-order valence-electron chi connectivity index (χ0n) is 22.0.